The summed E-state index contributed by atoms with van der Waals surface area (Å²) in [6, 6.07) is 0. The number of esters is 1. The molecule has 7 heteroatoms. The number of imide groups is 1. The summed E-state index contributed by atoms with van der Waals surface area (Å²) in [6.07, 6.45) is 7.60. The molecule has 4 bridgehead atoms. The standard InChI is InChI=1S/C19H26N2O5/c22-15-2-1-3-21(15)16(23)11-26-17(24)10-20-18(25)19-7-12-4-13(8-19)6-14(5-12)9-19/h12-14H,1-11H2,(H,20,25). The number of nitrogens with one attached hydrogen (secondary N) is 1. The summed E-state index contributed by atoms with van der Waals surface area (Å²) in [7, 11) is 0. The summed E-state index contributed by atoms with van der Waals surface area (Å²) >= 11 is 0. The summed E-state index contributed by atoms with van der Waals surface area (Å²) in [4.78, 5) is 49.1. The van der Waals surface area contributed by atoms with Crippen LogP contribution in [-0.2, 0) is 23.9 Å². The smallest absolute Gasteiger partial charge is 0.325 e. The summed E-state index contributed by atoms with van der Waals surface area (Å²) < 4.78 is 4.94. The van der Waals surface area contributed by atoms with Gasteiger partial charge in [0.2, 0.25) is 11.8 Å². The van der Waals surface area contributed by atoms with E-state index in [1.54, 1.807) is 0 Å². The van der Waals surface area contributed by atoms with Crippen LogP contribution in [0.2, 0.25) is 0 Å². The molecule has 5 aliphatic rings. The van der Waals surface area contributed by atoms with Crippen LogP contribution in [0.3, 0.4) is 0 Å². The maximum Gasteiger partial charge on any atom is 0.325 e. The molecule has 1 saturated heterocycles. The first kappa shape index (κ1) is 17.5. The van der Waals surface area contributed by atoms with Gasteiger partial charge < -0.3 is 10.1 Å². The maximum atomic E-state index is 12.8. The van der Waals surface area contributed by atoms with Crippen molar-refractivity contribution in [3.63, 3.8) is 0 Å². The van der Waals surface area contributed by atoms with E-state index in [1.165, 1.54) is 19.3 Å². The molecular weight excluding hydrogens is 336 g/mol. The van der Waals surface area contributed by atoms with E-state index in [-0.39, 0.29) is 23.8 Å². The SMILES string of the molecule is O=C(CNC(=O)C12CC3CC(CC(C3)C1)C2)OCC(=O)N1CCCC1=O. The second kappa shape index (κ2) is 6.67. The van der Waals surface area contributed by atoms with Crippen LogP contribution in [0.5, 0.6) is 0 Å². The van der Waals surface area contributed by atoms with E-state index in [0.29, 0.717) is 37.1 Å². The van der Waals surface area contributed by atoms with Crippen LogP contribution in [-0.4, -0.2) is 48.3 Å². The Hall–Kier alpha value is -1.92. The molecule has 0 spiro atoms. The van der Waals surface area contributed by atoms with Crippen molar-refractivity contribution in [3.8, 4) is 0 Å². The molecule has 5 fully saturated rings. The minimum absolute atomic E-state index is 0.0328. The van der Waals surface area contributed by atoms with E-state index in [9.17, 15) is 19.2 Å². The van der Waals surface area contributed by atoms with Crippen molar-refractivity contribution in [1.29, 1.82) is 0 Å². The highest BCUT2D eigenvalue weighted by atomic mass is 16.5. The molecule has 5 rings (SSSR count). The number of rotatable bonds is 5. The number of carbonyl (C=O) groups excluding carboxylic acids is 4. The first-order chi connectivity index (χ1) is 12.4. The topological polar surface area (TPSA) is 92.8 Å². The second-order valence-corrected chi connectivity index (χ2v) is 8.58. The van der Waals surface area contributed by atoms with Crippen LogP contribution >= 0.6 is 0 Å². The Morgan fingerprint density at radius 3 is 2.23 bits per heavy atom. The molecule has 4 aliphatic carbocycles. The highest BCUT2D eigenvalue weighted by Gasteiger charge is 2.54. The van der Waals surface area contributed by atoms with Gasteiger partial charge in [-0.3, -0.25) is 24.1 Å². The van der Waals surface area contributed by atoms with Gasteiger partial charge in [0.25, 0.3) is 5.91 Å². The predicted octanol–water partition coefficient (Wildman–Crippen LogP) is 1.01. The van der Waals surface area contributed by atoms with Crippen LogP contribution in [0.4, 0.5) is 0 Å². The fraction of sp³-hybridized carbons (Fsp3) is 0.789. The molecule has 1 N–H and O–H groups in total. The van der Waals surface area contributed by atoms with Crippen LogP contribution in [0, 0.1) is 23.2 Å². The fourth-order valence-electron chi connectivity index (χ4n) is 5.91. The number of hydrogen-bond acceptors (Lipinski definition) is 5. The summed E-state index contributed by atoms with van der Waals surface area (Å²) in [5, 5.41) is 2.74. The van der Waals surface area contributed by atoms with Crippen molar-refractivity contribution < 1.29 is 23.9 Å². The van der Waals surface area contributed by atoms with Gasteiger partial charge in [-0.05, 0) is 62.7 Å². The Morgan fingerprint density at radius 2 is 1.69 bits per heavy atom. The van der Waals surface area contributed by atoms with Gasteiger partial charge in [0.05, 0.1) is 0 Å². The lowest BCUT2D eigenvalue weighted by atomic mass is 9.49. The monoisotopic (exact) mass is 362 g/mol. The molecular formula is C19H26N2O5. The van der Waals surface area contributed by atoms with Crippen LogP contribution in [0.15, 0.2) is 0 Å². The zero-order valence-electron chi connectivity index (χ0n) is 15.0. The van der Waals surface area contributed by atoms with Crippen LogP contribution < -0.4 is 5.32 Å². The molecule has 0 aromatic carbocycles. The van der Waals surface area contributed by atoms with E-state index < -0.39 is 18.5 Å². The Kier molecular flexibility index (Phi) is 4.49. The lowest BCUT2D eigenvalue weighted by molar-refractivity contribution is -0.155. The first-order valence-electron chi connectivity index (χ1n) is 9.72. The van der Waals surface area contributed by atoms with Gasteiger partial charge in [0, 0.05) is 18.4 Å². The average Bonchev–Trinajstić information content (AvgIpc) is 3.02. The lowest BCUT2D eigenvalue weighted by Gasteiger charge is -2.55. The van der Waals surface area contributed by atoms with Crippen molar-refractivity contribution in [3.05, 3.63) is 0 Å². The predicted molar refractivity (Wildman–Crippen MR) is 90.5 cm³/mol. The van der Waals surface area contributed by atoms with Crippen molar-refractivity contribution >= 4 is 23.7 Å². The third-order valence-corrected chi connectivity index (χ3v) is 6.64. The molecule has 1 heterocycles. The van der Waals surface area contributed by atoms with E-state index in [1.807, 2.05) is 0 Å². The Bertz CT molecular complexity index is 609. The molecule has 0 aromatic heterocycles. The molecule has 0 aromatic rings. The molecule has 1 aliphatic heterocycles. The molecule has 0 radical (unpaired) electrons. The van der Waals surface area contributed by atoms with E-state index in [2.05, 4.69) is 5.32 Å². The zero-order chi connectivity index (χ0) is 18.3. The Morgan fingerprint density at radius 1 is 1.08 bits per heavy atom. The first-order valence-corrected chi connectivity index (χ1v) is 9.72. The van der Waals surface area contributed by atoms with Gasteiger partial charge in [-0.2, -0.15) is 0 Å². The minimum atomic E-state index is -0.636. The van der Waals surface area contributed by atoms with Gasteiger partial charge in [-0.15, -0.1) is 0 Å². The molecule has 7 nitrogen and oxygen atoms in total. The Labute approximate surface area is 152 Å². The number of carbonyl (C=O) groups is 4. The van der Waals surface area contributed by atoms with Crippen molar-refractivity contribution in [2.45, 2.75) is 51.4 Å². The zero-order valence-corrected chi connectivity index (χ0v) is 15.0. The van der Waals surface area contributed by atoms with E-state index in [4.69, 9.17) is 4.74 Å². The molecule has 4 saturated carbocycles. The maximum absolute atomic E-state index is 12.8. The average molecular weight is 362 g/mol. The number of nitrogens with zero attached hydrogens (tertiary/aromatic N) is 1. The third-order valence-electron chi connectivity index (χ3n) is 6.64. The van der Waals surface area contributed by atoms with Gasteiger partial charge in [0.1, 0.15) is 6.54 Å². The molecule has 0 unspecified atom stereocenters. The van der Waals surface area contributed by atoms with Gasteiger partial charge in [-0.25, -0.2) is 0 Å². The summed E-state index contributed by atoms with van der Waals surface area (Å²) in [5.41, 5.74) is -0.299. The van der Waals surface area contributed by atoms with Gasteiger partial charge >= 0.3 is 5.97 Å². The van der Waals surface area contributed by atoms with Crippen molar-refractivity contribution in [1.82, 2.24) is 10.2 Å². The number of ether oxygens (including phenoxy) is 1. The highest BCUT2D eigenvalue weighted by Crippen LogP contribution is 2.60. The molecule has 142 valence electrons. The largest absolute Gasteiger partial charge is 0.454 e. The van der Waals surface area contributed by atoms with Crippen LogP contribution in [0.25, 0.3) is 0 Å². The third kappa shape index (κ3) is 3.23. The normalized spacial score (nSPS) is 34.8. The molecule has 26 heavy (non-hydrogen) atoms. The summed E-state index contributed by atoms with van der Waals surface area (Å²) in [5.74, 6) is 0.603. The minimum Gasteiger partial charge on any atom is -0.454 e. The quantitative estimate of drug-likeness (QED) is 0.737. The number of hydrogen-bond donors (Lipinski definition) is 1. The second-order valence-electron chi connectivity index (χ2n) is 8.58. The van der Waals surface area contributed by atoms with Crippen molar-refractivity contribution in [2.24, 2.45) is 23.2 Å². The number of likely N-dealkylation sites (tertiary alicyclic amines) is 1. The van der Waals surface area contributed by atoms with Gasteiger partial charge in [0.15, 0.2) is 6.61 Å². The Balaban J connectivity index is 1.24. The van der Waals surface area contributed by atoms with Crippen molar-refractivity contribution in [2.75, 3.05) is 19.7 Å². The fourth-order valence-corrected chi connectivity index (χ4v) is 5.91. The van der Waals surface area contributed by atoms with Crippen LogP contribution in [0.1, 0.15) is 51.4 Å². The molecule has 3 amide bonds. The van der Waals surface area contributed by atoms with Gasteiger partial charge in [-0.1, -0.05) is 0 Å². The lowest BCUT2D eigenvalue weighted by Crippen LogP contribution is -2.54. The van der Waals surface area contributed by atoms with E-state index in [0.717, 1.165) is 24.2 Å². The number of amides is 3. The molecule has 0 atom stereocenters. The highest BCUT2D eigenvalue weighted by molar-refractivity contribution is 5.97. The van der Waals surface area contributed by atoms with E-state index >= 15 is 0 Å². The summed E-state index contributed by atoms with van der Waals surface area (Å²) in [6.45, 7) is -0.280.